The van der Waals surface area contributed by atoms with Gasteiger partial charge in [0, 0.05) is 37.7 Å². The Kier molecular flexibility index (Phi) is 9.46. The minimum Gasteiger partial charge on any atom is -0.378 e. The first-order valence-corrected chi connectivity index (χ1v) is 6.80. The maximum atomic E-state index is 5.39. The van der Waals surface area contributed by atoms with Crippen LogP contribution in [0.1, 0.15) is 0 Å². The topological polar surface area (TPSA) is 42.5 Å². The van der Waals surface area contributed by atoms with Crippen molar-refractivity contribution in [1.82, 2.24) is 10.6 Å². The van der Waals surface area contributed by atoms with Gasteiger partial charge >= 0.3 is 0 Å². The number of ether oxygens (including phenoxy) is 2. The molecule has 0 aromatic rings. The predicted octanol–water partition coefficient (Wildman–Crippen LogP) is -0.0544. The third-order valence-corrected chi connectivity index (χ3v) is 3.05. The molecule has 0 aromatic heterocycles. The van der Waals surface area contributed by atoms with Crippen LogP contribution in [0.5, 0.6) is 0 Å². The van der Waals surface area contributed by atoms with Crippen LogP contribution in [0.15, 0.2) is 0 Å². The summed E-state index contributed by atoms with van der Waals surface area (Å²) in [6.45, 7) is 7.01. The van der Waals surface area contributed by atoms with Crippen molar-refractivity contribution in [1.29, 1.82) is 0 Å². The van der Waals surface area contributed by atoms with Crippen molar-refractivity contribution in [3.63, 3.8) is 0 Å². The smallest absolute Gasteiger partial charge is 0.0701 e. The van der Waals surface area contributed by atoms with Gasteiger partial charge in [-0.2, -0.15) is 11.8 Å². The Bertz CT molecular complexity index is 80.0. The van der Waals surface area contributed by atoms with Crippen molar-refractivity contribution < 1.29 is 9.47 Å². The van der Waals surface area contributed by atoms with Gasteiger partial charge in [-0.25, -0.2) is 0 Å². The summed E-state index contributed by atoms with van der Waals surface area (Å²) in [5.74, 6) is 2.36. The summed E-state index contributed by atoms with van der Waals surface area (Å²) < 4.78 is 10.8. The molecule has 5 heteroatoms. The zero-order chi connectivity index (χ0) is 10.6. The molecule has 0 bridgehead atoms. The normalized spacial score (nSPS) is 24.0. The van der Waals surface area contributed by atoms with Gasteiger partial charge < -0.3 is 20.1 Å². The molecule has 90 valence electrons. The SMILES string of the molecule is C1COCCOCCNCCSCCN1. The lowest BCUT2D eigenvalue weighted by atomic mass is 10.6. The Balaban J connectivity index is 2.01. The van der Waals surface area contributed by atoms with E-state index in [1.807, 2.05) is 11.8 Å². The van der Waals surface area contributed by atoms with E-state index in [1.165, 1.54) is 11.5 Å². The highest BCUT2D eigenvalue weighted by atomic mass is 32.2. The summed E-state index contributed by atoms with van der Waals surface area (Å²) in [4.78, 5) is 0. The van der Waals surface area contributed by atoms with Crippen LogP contribution in [0.3, 0.4) is 0 Å². The number of hydrogen-bond donors (Lipinski definition) is 2. The third-order valence-electron chi connectivity index (χ3n) is 2.06. The fraction of sp³-hybridized carbons (Fsp3) is 1.00. The van der Waals surface area contributed by atoms with Gasteiger partial charge in [0.1, 0.15) is 0 Å². The molecule has 0 radical (unpaired) electrons. The minimum atomic E-state index is 0.705. The molecule has 15 heavy (non-hydrogen) atoms. The molecule has 0 amide bonds. The molecule has 0 unspecified atom stereocenters. The number of nitrogens with one attached hydrogen (secondary N) is 2. The van der Waals surface area contributed by atoms with Crippen LogP contribution in [0.25, 0.3) is 0 Å². The van der Waals surface area contributed by atoms with E-state index in [4.69, 9.17) is 9.47 Å². The van der Waals surface area contributed by atoms with Crippen LogP contribution < -0.4 is 10.6 Å². The molecule has 1 aliphatic rings. The molecule has 0 aromatic carbocycles. The largest absolute Gasteiger partial charge is 0.378 e. The highest BCUT2D eigenvalue weighted by molar-refractivity contribution is 7.99. The lowest BCUT2D eigenvalue weighted by Gasteiger charge is -2.06. The van der Waals surface area contributed by atoms with Gasteiger partial charge in [-0.05, 0) is 0 Å². The Hall–Kier alpha value is 0.190. The van der Waals surface area contributed by atoms with E-state index in [9.17, 15) is 0 Å². The van der Waals surface area contributed by atoms with Crippen LogP contribution >= 0.6 is 11.8 Å². The summed E-state index contributed by atoms with van der Waals surface area (Å²) in [5, 5.41) is 6.70. The lowest BCUT2D eigenvalue weighted by Crippen LogP contribution is -2.23. The van der Waals surface area contributed by atoms with Crippen LogP contribution in [0.4, 0.5) is 0 Å². The first-order chi connectivity index (χ1) is 7.50. The fourth-order valence-corrected chi connectivity index (χ4v) is 2.03. The number of hydrogen-bond acceptors (Lipinski definition) is 5. The average molecular weight is 234 g/mol. The maximum Gasteiger partial charge on any atom is 0.0701 e. The van der Waals surface area contributed by atoms with E-state index in [0.29, 0.717) is 13.2 Å². The van der Waals surface area contributed by atoms with Gasteiger partial charge in [0.05, 0.1) is 26.4 Å². The molecular weight excluding hydrogens is 212 g/mol. The van der Waals surface area contributed by atoms with Crippen LogP contribution in [0, 0.1) is 0 Å². The van der Waals surface area contributed by atoms with E-state index in [0.717, 1.165) is 39.4 Å². The van der Waals surface area contributed by atoms with Crippen molar-refractivity contribution >= 4 is 11.8 Å². The Morgan fingerprint density at radius 1 is 0.667 bits per heavy atom. The third kappa shape index (κ3) is 9.14. The summed E-state index contributed by atoms with van der Waals surface area (Å²) in [6.07, 6.45) is 0. The van der Waals surface area contributed by atoms with Crippen LogP contribution in [0.2, 0.25) is 0 Å². The summed E-state index contributed by atoms with van der Waals surface area (Å²) in [7, 11) is 0. The van der Waals surface area contributed by atoms with E-state index < -0.39 is 0 Å². The van der Waals surface area contributed by atoms with Gasteiger partial charge in [-0.3, -0.25) is 0 Å². The Morgan fingerprint density at radius 3 is 1.73 bits per heavy atom. The molecule has 0 spiro atoms. The number of rotatable bonds is 0. The highest BCUT2D eigenvalue weighted by Crippen LogP contribution is 1.95. The maximum absolute atomic E-state index is 5.39. The number of thioether (sulfide) groups is 1. The van der Waals surface area contributed by atoms with Crippen LogP contribution in [-0.4, -0.2) is 64.1 Å². The second-order valence-corrected chi connectivity index (χ2v) is 4.56. The molecule has 0 aliphatic carbocycles. The summed E-state index contributed by atoms with van der Waals surface area (Å²) in [6, 6.07) is 0. The van der Waals surface area contributed by atoms with E-state index in [1.54, 1.807) is 0 Å². The lowest BCUT2D eigenvalue weighted by molar-refractivity contribution is 0.0502. The van der Waals surface area contributed by atoms with Crippen LogP contribution in [-0.2, 0) is 9.47 Å². The van der Waals surface area contributed by atoms with Crippen molar-refractivity contribution in [2.75, 3.05) is 64.1 Å². The van der Waals surface area contributed by atoms with E-state index in [-0.39, 0.29) is 0 Å². The standard InChI is InChI=1S/C10H22N2O2S/c1-5-13-7-8-14-6-2-12-4-10-15-9-3-11-1/h11-12H,1-10H2. The van der Waals surface area contributed by atoms with Crippen molar-refractivity contribution in [3.05, 3.63) is 0 Å². The zero-order valence-electron chi connectivity index (χ0n) is 9.30. The Labute approximate surface area is 96.5 Å². The van der Waals surface area contributed by atoms with E-state index >= 15 is 0 Å². The molecule has 0 atom stereocenters. The van der Waals surface area contributed by atoms with Crippen molar-refractivity contribution in [2.24, 2.45) is 0 Å². The van der Waals surface area contributed by atoms with Gasteiger partial charge in [-0.15, -0.1) is 0 Å². The molecule has 2 N–H and O–H groups in total. The van der Waals surface area contributed by atoms with E-state index in [2.05, 4.69) is 10.6 Å². The molecule has 4 nitrogen and oxygen atoms in total. The summed E-state index contributed by atoms with van der Waals surface area (Å²) >= 11 is 1.98. The van der Waals surface area contributed by atoms with Crippen molar-refractivity contribution in [3.8, 4) is 0 Å². The molecule has 1 saturated heterocycles. The van der Waals surface area contributed by atoms with Gasteiger partial charge in [0.25, 0.3) is 0 Å². The summed E-state index contributed by atoms with van der Waals surface area (Å²) in [5.41, 5.74) is 0. The van der Waals surface area contributed by atoms with Gasteiger partial charge in [0.2, 0.25) is 0 Å². The predicted molar refractivity (Wildman–Crippen MR) is 64.7 cm³/mol. The minimum absolute atomic E-state index is 0.705. The van der Waals surface area contributed by atoms with Crippen molar-refractivity contribution in [2.45, 2.75) is 0 Å². The monoisotopic (exact) mass is 234 g/mol. The second kappa shape index (κ2) is 10.7. The molecule has 1 rings (SSSR count). The molecule has 1 heterocycles. The first-order valence-electron chi connectivity index (χ1n) is 5.65. The van der Waals surface area contributed by atoms with Gasteiger partial charge in [0.15, 0.2) is 0 Å². The van der Waals surface area contributed by atoms with Gasteiger partial charge in [-0.1, -0.05) is 0 Å². The quantitative estimate of drug-likeness (QED) is 0.615. The molecule has 1 fully saturated rings. The molecular formula is C10H22N2O2S. The fourth-order valence-electron chi connectivity index (χ4n) is 1.25. The highest BCUT2D eigenvalue weighted by Gasteiger charge is 1.94. The molecule has 0 saturated carbocycles. The molecule has 1 aliphatic heterocycles. The first kappa shape index (κ1) is 13.3. The average Bonchev–Trinajstić information content (AvgIpc) is 2.27. The zero-order valence-corrected chi connectivity index (χ0v) is 10.1. The Morgan fingerprint density at radius 2 is 1.20 bits per heavy atom. The second-order valence-electron chi connectivity index (χ2n) is 3.34.